The normalized spacial score (nSPS) is 10.7. The number of hydrogen-bond acceptors (Lipinski definition) is 9. The van der Waals surface area contributed by atoms with E-state index in [-0.39, 0.29) is 45.3 Å². The summed E-state index contributed by atoms with van der Waals surface area (Å²) in [6.07, 6.45) is 1.21. The lowest BCUT2D eigenvalue weighted by Crippen LogP contribution is -2.14. The van der Waals surface area contributed by atoms with Gasteiger partial charge in [-0.1, -0.05) is 0 Å². The molecule has 0 aliphatic rings. The smallest absolute Gasteiger partial charge is 0.348 e. The van der Waals surface area contributed by atoms with Gasteiger partial charge >= 0.3 is 11.9 Å². The van der Waals surface area contributed by atoms with Gasteiger partial charge in [-0.15, -0.1) is 11.3 Å². The third kappa shape index (κ3) is 4.35. The second-order valence-corrected chi connectivity index (χ2v) is 6.76. The number of carbonyl (C=O) groups is 2. The molecule has 10 heteroatoms. The fourth-order valence-corrected chi connectivity index (χ4v) is 3.59. The van der Waals surface area contributed by atoms with E-state index in [1.165, 1.54) is 13.1 Å². The van der Waals surface area contributed by atoms with Gasteiger partial charge in [-0.3, -0.25) is 9.78 Å². The van der Waals surface area contributed by atoms with Crippen molar-refractivity contribution in [2.75, 3.05) is 13.2 Å². The van der Waals surface area contributed by atoms with E-state index in [9.17, 15) is 19.5 Å². The van der Waals surface area contributed by atoms with E-state index in [0.29, 0.717) is 5.56 Å². The van der Waals surface area contributed by atoms with Crippen LogP contribution in [-0.2, 0) is 9.47 Å². The van der Waals surface area contributed by atoms with Crippen molar-refractivity contribution in [3.63, 3.8) is 0 Å². The van der Waals surface area contributed by atoms with Crippen molar-refractivity contribution >= 4 is 34.5 Å². The first kappa shape index (κ1) is 21.8. The van der Waals surface area contributed by atoms with Gasteiger partial charge in [-0.2, -0.15) is 5.26 Å². The van der Waals surface area contributed by atoms with Crippen LogP contribution in [-0.4, -0.2) is 41.5 Å². The van der Waals surface area contributed by atoms with Crippen molar-refractivity contribution in [2.45, 2.75) is 27.7 Å². The minimum Gasteiger partial charge on any atom is -0.494 e. The standard InChI is InChI=1S/C19H19N3O6S/c1-5-27-18(25)13-10(4)14(19(26)28-6-2)29-17(13)21-8-12-9(3)11(7-20)15(23)22-16(12)24/h8H,5-6H2,1-4H3,(H2,22,23,24)/b21-8+. The zero-order valence-corrected chi connectivity index (χ0v) is 17.1. The molecule has 2 N–H and O–H groups in total. The Morgan fingerprint density at radius 3 is 2.41 bits per heavy atom. The monoisotopic (exact) mass is 417 g/mol. The van der Waals surface area contributed by atoms with Gasteiger partial charge in [-0.05, 0) is 38.8 Å². The van der Waals surface area contributed by atoms with Crippen molar-refractivity contribution in [3.8, 4) is 11.9 Å². The predicted molar refractivity (Wildman–Crippen MR) is 106 cm³/mol. The number of hydrogen-bond donors (Lipinski definition) is 2. The Balaban J connectivity index is 2.62. The number of carbonyl (C=O) groups excluding carboxylic acids is 2. The van der Waals surface area contributed by atoms with Crippen LogP contribution in [0, 0.1) is 25.2 Å². The lowest BCUT2D eigenvalue weighted by Gasteiger charge is -2.05. The molecular weight excluding hydrogens is 398 g/mol. The summed E-state index contributed by atoms with van der Waals surface area (Å²) in [5.41, 5.74) is -0.0564. The van der Waals surface area contributed by atoms with E-state index in [0.717, 1.165) is 11.3 Å². The number of thiophene rings is 1. The van der Waals surface area contributed by atoms with E-state index in [1.54, 1.807) is 26.8 Å². The molecule has 0 unspecified atom stereocenters. The maximum absolute atomic E-state index is 12.4. The number of H-pyrrole nitrogens is 1. The van der Waals surface area contributed by atoms with E-state index in [2.05, 4.69) is 9.98 Å². The van der Waals surface area contributed by atoms with Crippen LogP contribution in [0.1, 0.15) is 56.1 Å². The number of nitrogens with zero attached hydrogens (tertiary/aromatic N) is 2. The summed E-state index contributed by atoms with van der Waals surface area (Å²) in [5.74, 6) is -1.70. The van der Waals surface area contributed by atoms with Crippen LogP contribution in [0.25, 0.3) is 0 Å². The number of nitriles is 1. The fraction of sp³-hybridized carbons (Fsp3) is 0.316. The summed E-state index contributed by atoms with van der Waals surface area (Å²) < 4.78 is 10.1. The quantitative estimate of drug-likeness (QED) is 0.543. The minimum atomic E-state index is -0.719. The van der Waals surface area contributed by atoms with Crippen molar-refractivity contribution in [1.82, 2.24) is 4.98 Å². The van der Waals surface area contributed by atoms with E-state index in [1.807, 2.05) is 0 Å². The predicted octanol–water partition coefficient (Wildman–Crippen LogP) is 2.73. The average molecular weight is 417 g/mol. The number of aromatic hydroxyl groups is 1. The van der Waals surface area contributed by atoms with Gasteiger partial charge in [0.1, 0.15) is 27.1 Å². The summed E-state index contributed by atoms with van der Waals surface area (Å²) in [4.78, 5) is 42.9. The van der Waals surface area contributed by atoms with Gasteiger partial charge in [0.15, 0.2) is 0 Å². The number of esters is 2. The van der Waals surface area contributed by atoms with Crippen LogP contribution in [0.2, 0.25) is 0 Å². The first-order valence-corrected chi connectivity index (χ1v) is 9.45. The lowest BCUT2D eigenvalue weighted by molar-refractivity contribution is 0.0527. The highest BCUT2D eigenvalue weighted by atomic mass is 32.1. The van der Waals surface area contributed by atoms with Gasteiger partial charge in [0.2, 0.25) is 5.88 Å². The molecule has 0 fully saturated rings. The highest BCUT2D eigenvalue weighted by Gasteiger charge is 2.26. The molecule has 0 saturated heterocycles. The number of nitrogens with one attached hydrogen (secondary N) is 1. The van der Waals surface area contributed by atoms with Crippen molar-refractivity contribution < 1.29 is 24.2 Å². The van der Waals surface area contributed by atoms with Gasteiger partial charge in [0.05, 0.1) is 18.8 Å². The molecule has 0 aliphatic carbocycles. The average Bonchev–Trinajstić information content (AvgIpc) is 2.98. The molecule has 0 aromatic carbocycles. The second kappa shape index (κ2) is 9.16. The number of pyridine rings is 1. The SMILES string of the molecule is CCOC(=O)c1sc(/N=C/c2c(O)[nH]c(=O)c(C#N)c2C)c(C(=O)OCC)c1C. The molecular formula is C19H19N3O6S. The van der Waals surface area contributed by atoms with E-state index >= 15 is 0 Å². The van der Waals surface area contributed by atoms with Crippen LogP contribution in [0.4, 0.5) is 5.00 Å². The maximum atomic E-state index is 12.4. The fourth-order valence-electron chi connectivity index (χ4n) is 2.56. The Kier molecular flexibility index (Phi) is 6.90. The lowest BCUT2D eigenvalue weighted by atomic mass is 10.1. The third-order valence-corrected chi connectivity index (χ3v) is 5.16. The van der Waals surface area contributed by atoms with Gasteiger partial charge < -0.3 is 14.6 Å². The van der Waals surface area contributed by atoms with Gasteiger partial charge in [0, 0.05) is 6.21 Å². The molecule has 0 spiro atoms. The number of rotatable bonds is 6. The van der Waals surface area contributed by atoms with Gasteiger partial charge in [0.25, 0.3) is 5.56 Å². The van der Waals surface area contributed by atoms with Crippen molar-refractivity contribution in [2.24, 2.45) is 4.99 Å². The van der Waals surface area contributed by atoms with Crippen LogP contribution >= 0.6 is 11.3 Å². The van der Waals surface area contributed by atoms with E-state index < -0.39 is 23.4 Å². The largest absolute Gasteiger partial charge is 0.494 e. The number of aromatic nitrogens is 1. The topological polar surface area (TPSA) is 142 Å². The molecule has 0 radical (unpaired) electrons. The molecule has 29 heavy (non-hydrogen) atoms. The van der Waals surface area contributed by atoms with Crippen molar-refractivity contribution in [1.29, 1.82) is 5.26 Å². The Labute approximate surface area is 170 Å². The second-order valence-electron chi connectivity index (χ2n) is 5.76. The van der Waals surface area contributed by atoms with Crippen LogP contribution < -0.4 is 5.56 Å². The van der Waals surface area contributed by atoms with Crippen LogP contribution in [0.5, 0.6) is 5.88 Å². The summed E-state index contributed by atoms with van der Waals surface area (Å²) in [7, 11) is 0. The molecule has 2 heterocycles. The highest BCUT2D eigenvalue weighted by molar-refractivity contribution is 7.18. The molecule has 152 valence electrons. The molecule has 0 amide bonds. The Bertz CT molecular complexity index is 1090. The Morgan fingerprint density at radius 2 is 1.83 bits per heavy atom. The first-order chi connectivity index (χ1) is 13.8. The maximum Gasteiger partial charge on any atom is 0.348 e. The molecule has 0 saturated carbocycles. The molecule has 0 atom stereocenters. The first-order valence-electron chi connectivity index (χ1n) is 8.64. The Morgan fingerprint density at radius 1 is 1.21 bits per heavy atom. The van der Waals surface area contributed by atoms with Gasteiger partial charge in [-0.25, -0.2) is 14.6 Å². The molecule has 0 aliphatic heterocycles. The molecule has 2 aromatic rings. The van der Waals surface area contributed by atoms with Crippen LogP contribution in [0.3, 0.4) is 0 Å². The van der Waals surface area contributed by atoms with E-state index in [4.69, 9.17) is 14.7 Å². The number of aliphatic imine (C=N–C) groups is 1. The summed E-state index contributed by atoms with van der Waals surface area (Å²) in [6.45, 7) is 6.71. The molecule has 0 bridgehead atoms. The zero-order valence-electron chi connectivity index (χ0n) is 16.3. The summed E-state index contributed by atoms with van der Waals surface area (Å²) in [5, 5.41) is 19.3. The van der Waals surface area contributed by atoms with Crippen LogP contribution in [0.15, 0.2) is 9.79 Å². The third-order valence-electron chi connectivity index (χ3n) is 3.98. The zero-order chi connectivity index (χ0) is 21.7. The molecule has 2 rings (SSSR count). The molecule has 9 nitrogen and oxygen atoms in total. The van der Waals surface area contributed by atoms with Crippen molar-refractivity contribution in [3.05, 3.63) is 43.0 Å². The summed E-state index contributed by atoms with van der Waals surface area (Å²) in [6, 6.07) is 1.77. The number of ether oxygens (including phenoxy) is 2. The minimum absolute atomic E-state index is 0.109. The highest BCUT2D eigenvalue weighted by Crippen LogP contribution is 2.36. The Hall–Kier alpha value is -3.45. The molecule has 2 aromatic heterocycles. The summed E-state index contributed by atoms with van der Waals surface area (Å²) >= 11 is 0.941. The number of aromatic amines is 1.